The molecule has 0 saturated carbocycles. The summed E-state index contributed by atoms with van der Waals surface area (Å²) in [6.45, 7) is 1.79. The molecule has 0 bridgehead atoms. The van der Waals surface area contributed by atoms with Crippen LogP contribution in [0.25, 0.3) is 0 Å². The fourth-order valence-electron chi connectivity index (χ4n) is 2.33. The number of amides is 1. The Balaban J connectivity index is 0.00000176. The van der Waals surface area contributed by atoms with Crippen molar-refractivity contribution in [1.29, 1.82) is 0 Å². The molecule has 0 radical (unpaired) electrons. The highest BCUT2D eigenvalue weighted by Crippen LogP contribution is 2.17. The largest absolute Gasteiger partial charge is 0.347 e. The molecule has 0 aliphatic carbocycles. The molecular formula is C14H15BrClFN4O. The van der Waals surface area contributed by atoms with E-state index in [4.69, 9.17) is 0 Å². The van der Waals surface area contributed by atoms with Gasteiger partial charge in [-0.1, -0.05) is 6.07 Å². The van der Waals surface area contributed by atoms with E-state index < -0.39 is 0 Å². The summed E-state index contributed by atoms with van der Waals surface area (Å²) in [5.41, 5.74) is 3.04. The van der Waals surface area contributed by atoms with E-state index >= 15 is 0 Å². The molecule has 3 N–H and O–H groups in total. The number of nitrogens with zero attached hydrogens (tertiary/aromatic N) is 1. The number of carbonyl (C=O) groups excluding carboxylic acids is 1. The van der Waals surface area contributed by atoms with Crippen LogP contribution in [0.4, 0.5) is 4.39 Å². The molecule has 1 aliphatic heterocycles. The van der Waals surface area contributed by atoms with Crippen LogP contribution in [0.5, 0.6) is 0 Å². The number of aromatic amines is 1. The van der Waals surface area contributed by atoms with Crippen LogP contribution in [0, 0.1) is 5.82 Å². The lowest BCUT2D eigenvalue weighted by atomic mass is 10.1. The highest BCUT2D eigenvalue weighted by Gasteiger charge is 2.21. The molecule has 2 aromatic rings. The van der Waals surface area contributed by atoms with E-state index in [1.807, 2.05) is 0 Å². The Morgan fingerprint density at radius 3 is 3.05 bits per heavy atom. The Hall–Kier alpha value is -1.44. The molecule has 118 valence electrons. The fraction of sp³-hybridized carbons (Fsp3) is 0.286. The van der Waals surface area contributed by atoms with Gasteiger partial charge in [-0.2, -0.15) is 5.10 Å². The monoisotopic (exact) mass is 388 g/mol. The average Bonchev–Trinajstić information content (AvgIpc) is 2.92. The summed E-state index contributed by atoms with van der Waals surface area (Å²) in [6, 6.07) is 4.78. The molecule has 0 saturated heterocycles. The minimum atomic E-state index is -0.344. The number of aromatic nitrogens is 2. The summed E-state index contributed by atoms with van der Waals surface area (Å²) in [4.78, 5) is 12.2. The van der Waals surface area contributed by atoms with Gasteiger partial charge in [0.1, 0.15) is 5.82 Å². The zero-order valence-corrected chi connectivity index (χ0v) is 14.0. The third kappa shape index (κ3) is 3.48. The Kier molecular flexibility index (Phi) is 5.55. The molecule has 1 amide bonds. The molecule has 0 atom stereocenters. The van der Waals surface area contributed by atoms with Crippen LogP contribution in [-0.4, -0.2) is 22.6 Å². The number of nitrogens with one attached hydrogen (secondary N) is 3. The van der Waals surface area contributed by atoms with Gasteiger partial charge in [-0.3, -0.25) is 9.89 Å². The van der Waals surface area contributed by atoms with E-state index in [1.54, 1.807) is 12.1 Å². The highest BCUT2D eigenvalue weighted by atomic mass is 79.9. The third-order valence-electron chi connectivity index (χ3n) is 3.46. The van der Waals surface area contributed by atoms with Crippen LogP contribution in [-0.2, 0) is 19.5 Å². The van der Waals surface area contributed by atoms with Crippen LogP contribution in [0.2, 0.25) is 0 Å². The highest BCUT2D eigenvalue weighted by molar-refractivity contribution is 9.10. The molecule has 3 rings (SSSR count). The maximum absolute atomic E-state index is 13.4. The van der Waals surface area contributed by atoms with Gasteiger partial charge in [-0.15, -0.1) is 12.4 Å². The average molecular weight is 390 g/mol. The number of benzene rings is 1. The predicted octanol–water partition coefficient (Wildman–Crippen LogP) is 2.31. The van der Waals surface area contributed by atoms with E-state index in [2.05, 4.69) is 36.8 Å². The summed E-state index contributed by atoms with van der Waals surface area (Å²) in [6.07, 6.45) is 0.841. The summed E-state index contributed by atoms with van der Waals surface area (Å²) in [5, 5.41) is 13.0. The van der Waals surface area contributed by atoms with Gasteiger partial charge in [0.2, 0.25) is 0 Å². The molecule has 1 aromatic heterocycles. The van der Waals surface area contributed by atoms with Gasteiger partial charge < -0.3 is 10.6 Å². The van der Waals surface area contributed by atoms with Crippen molar-refractivity contribution in [2.24, 2.45) is 0 Å². The molecule has 5 nitrogen and oxygen atoms in total. The topological polar surface area (TPSA) is 69.8 Å². The SMILES string of the molecule is Cl.O=C(NCc1ccc(Br)c(F)c1)c1n[nH]c2c1CNCC2. The van der Waals surface area contributed by atoms with Crippen LogP contribution in [0.3, 0.4) is 0 Å². The maximum Gasteiger partial charge on any atom is 0.272 e. The molecule has 1 aliphatic rings. The Labute approximate surface area is 141 Å². The van der Waals surface area contributed by atoms with Crippen molar-refractivity contribution in [2.75, 3.05) is 6.54 Å². The minimum Gasteiger partial charge on any atom is -0.347 e. The van der Waals surface area contributed by atoms with Gasteiger partial charge in [0, 0.05) is 37.3 Å². The molecule has 22 heavy (non-hydrogen) atoms. The van der Waals surface area contributed by atoms with E-state index in [0.29, 0.717) is 22.3 Å². The predicted molar refractivity (Wildman–Crippen MR) is 86.5 cm³/mol. The fourth-order valence-corrected chi connectivity index (χ4v) is 2.58. The smallest absolute Gasteiger partial charge is 0.272 e. The van der Waals surface area contributed by atoms with E-state index in [-0.39, 0.29) is 30.7 Å². The van der Waals surface area contributed by atoms with Crippen molar-refractivity contribution in [3.63, 3.8) is 0 Å². The standard InChI is InChI=1S/C14H14BrFN4O.ClH/c15-10-2-1-8(5-11(10)16)6-18-14(21)13-9-7-17-4-3-12(9)19-20-13;/h1-2,5,17H,3-4,6-7H2,(H,18,21)(H,19,20);1H. The molecule has 1 aromatic carbocycles. The second-order valence-corrected chi connectivity index (χ2v) is 5.74. The number of hydrogen-bond acceptors (Lipinski definition) is 3. The summed E-state index contributed by atoms with van der Waals surface area (Å²) in [5.74, 6) is -0.595. The van der Waals surface area contributed by atoms with E-state index in [0.717, 1.165) is 24.2 Å². The van der Waals surface area contributed by atoms with Gasteiger partial charge in [0.05, 0.1) is 4.47 Å². The Morgan fingerprint density at radius 2 is 2.27 bits per heavy atom. The van der Waals surface area contributed by atoms with Gasteiger partial charge in [-0.05, 0) is 33.6 Å². The molecule has 8 heteroatoms. The van der Waals surface area contributed by atoms with Crippen LogP contribution >= 0.6 is 28.3 Å². The molecule has 0 unspecified atom stereocenters. The van der Waals surface area contributed by atoms with Crippen molar-refractivity contribution in [1.82, 2.24) is 20.8 Å². The molecule has 0 fully saturated rings. The Morgan fingerprint density at radius 1 is 1.45 bits per heavy atom. The van der Waals surface area contributed by atoms with E-state index in [1.165, 1.54) is 6.07 Å². The molecule has 2 heterocycles. The normalized spacial score (nSPS) is 13.2. The number of carbonyl (C=O) groups is 1. The summed E-state index contributed by atoms with van der Waals surface area (Å²) in [7, 11) is 0. The zero-order chi connectivity index (χ0) is 14.8. The first-order valence-corrected chi connectivity index (χ1v) is 7.43. The second-order valence-electron chi connectivity index (χ2n) is 4.89. The van der Waals surface area contributed by atoms with Gasteiger partial charge in [-0.25, -0.2) is 4.39 Å². The van der Waals surface area contributed by atoms with Gasteiger partial charge in [0.15, 0.2) is 5.69 Å². The summed E-state index contributed by atoms with van der Waals surface area (Å²) >= 11 is 3.10. The van der Waals surface area contributed by atoms with Crippen molar-refractivity contribution in [2.45, 2.75) is 19.5 Å². The number of hydrogen-bond donors (Lipinski definition) is 3. The van der Waals surface area contributed by atoms with Crippen molar-refractivity contribution < 1.29 is 9.18 Å². The number of fused-ring (bicyclic) bond motifs is 1. The van der Waals surface area contributed by atoms with Crippen LogP contribution in [0.1, 0.15) is 27.3 Å². The van der Waals surface area contributed by atoms with Crippen molar-refractivity contribution in [3.8, 4) is 0 Å². The molecular weight excluding hydrogens is 375 g/mol. The lowest BCUT2D eigenvalue weighted by molar-refractivity contribution is 0.0944. The van der Waals surface area contributed by atoms with Crippen molar-refractivity contribution in [3.05, 3.63) is 51.0 Å². The Bertz CT molecular complexity index is 691. The van der Waals surface area contributed by atoms with Crippen LogP contribution in [0.15, 0.2) is 22.7 Å². The third-order valence-corrected chi connectivity index (χ3v) is 4.10. The van der Waals surface area contributed by atoms with E-state index in [9.17, 15) is 9.18 Å². The van der Waals surface area contributed by atoms with Crippen molar-refractivity contribution >= 4 is 34.2 Å². The molecule has 0 spiro atoms. The second kappa shape index (κ2) is 7.21. The first-order chi connectivity index (χ1) is 10.1. The lowest BCUT2D eigenvalue weighted by Crippen LogP contribution is -2.28. The van der Waals surface area contributed by atoms with Gasteiger partial charge in [0.25, 0.3) is 5.91 Å². The number of H-pyrrole nitrogens is 1. The van der Waals surface area contributed by atoms with Crippen LogP contribution < -0.4 is 10.6 Å². The quantitative estimate of drug-likeness (QED) is 0.754. The first-order valence-electron chi connectivity index (χ1n) is 6.64. The zero-order valence-electron chi connectivity index (χ0n) is 11.6. The minimum absolute atomic E-state index is 0. The van der Waals surface area contributed by atoms with Gasteiger partial charge >= 0.3 is 0 Å². The number of rotatable bonds is 3. The lowest BCUT2D eigenvalue weighted by Gasteiger charge is -2.12. The first kappa shape index (κ1) is 16.9. The summed E-state index contributed by atoms with van der Waals surface area (Å²) < 4.78 is 13.8. The number of halogens is 3. The maximum atomic E-state index is 13.4.